The van der Waals surface area contributed by atoms with Crippen molar-refractivity contribution in [3.8, 4) is 11.3 Å². The average molecular weight is 271 g/mol. The zero-order valence-electron chi connectivity index (χ0n) is 8.56. The maximum atomic E-state index is 12.8. The SMILES string of the molecule is FC(F)(F)c1snnc1-c1c[nH]c2cnncc12. The predicted molar refractivity (Wildman–Crippen MR) is 57.8 cm³/mol. The van der Waals surface area contributed by atoms with Crippen LogP contribution in [-0.2, 0) is 6.18 Å². The van der Waals surface area contributed by atoms with Gasteiger partial charge in [0.15, 0.2) is 4.88 Å². The molecule has 3 aromatic rings. The average Bonchev–Trinajstić information content (AvgIpc) is 2.93. The van der Waals surface area contributed by atoms with Crippen LogP contribution < -0.4 is 0 Å². The largest absolute Gasteiger partial charge is 0.429 e. The first-order chi connectivity index (χ1) is 8.57. The summed E-state index contributed by atoms with van der Waals surface area (Å²) in [7, 11) is 0. The van der Waals surface area contributed by atoms with Crippen LogP contribution in [0.1, 0.15) is 4.88 Å². The smallest absolute Gasteiger partial charge is 0.359 e. The van der Waals surface area contributed by atoms with Crippen molar-refractivity contribution >= 4 is 22.4 Å². The van der Waals surface area contributed by atoms with Crippen LogP contribution in [0.2, 0.25) is 0 Å². The lowest BCUT2D eigenvalue weighted by Crippen LogP contribution is -2.03. The molecule has 0 amide bonds. The lowest BCUT2D eigenvalue weighted by molar-refractivity contribution is -0.134. The Morgan fingerprint density at radius 2 is 1.94 bits per heavy atom. The molecule has 0 aliphatic heterocycles. The second-order valence-electron chi connectivity index (χ2n) is 3.47. The summed E-state index contributed by atoms with van der Waals surface area (Å²) < 4.78 is 41.7. The number of nitrogens with zero attached hydrogens (tertiary/aromatic N) is 4. The van der Waals surface area contributed by atoms with Gasteiger partial charge in [-0.05, 0) is 11.5 Å². The van der Waals surface area contributed by atoms with Gasteiger partial charge in [-0.2, -0.15) is 23.4 Å². The number of aromatic amines is 1. The molecule has 5 nitrogen and oxygen atoms in total. The van der Waals surface area contributed by atoms with Crippen LogP contribution in [0.4, 0.5) is 13.2 Å². The zero-order chi connectivity index (χ0) is 12.8. The van der Waals surface area contributed by atoms with Gasteiger partial charge < -0.3 is 4.98 Å². The molecule has 0 saturated carbocycles. The Kier molecular flexibility index (Phi) is 2.30. The number of nitrogens with one attached hydrogen (secondary N) is 1. The standard InChI is InChI=1S/C9H4F3N5S/c10-9(11,12)8-7(16-17-18-8)5-1-13-6-3-15-14-2-4(5)6/h1-3,13H. The molecule has 18 heavy (non-hydrogen) atoms. The Morgan fingerprint density at radius 3 is 2.72 bits per heavy atom. The van der Waals surface area contributed by atoms with Gasteiger partial charge in [-0.15, -0.1) is 5.10 Å². The Labute approximate surface area is 102 Å². The van der Waals surface area contributed by atoms with Crippen molar-refractivity contribution in [2.24, 2.45) is 0 Å². The number of halogens is 3. The molecule has 1 N–H and O–H groups in total. The molecule has 0 bridgehead atoms. The molecule has 0 aliphatic carbocycles. The molecule has 3 heterocycles. The summed E-state index contributed by atoms with van der Waals surface area (Å²) in [6.45, 7) is 0. The molecule has 0 unspecified atom stereocenters. The van der Waals surface area contributed by atoms with Crippen molar-refractivity contribution in [3.05, 3.63) is 23.5 Å². The second kappa shape index (κ2) is 3.73. The zero-order valence-corrected chi connectivity index (χ0v) is 9.38. The number of H-pyrrole nitrogens is 1. The molecule has 0 radical (unpaired) electrons. The minimum absolute atomic E-state index is 0.188. The van der Waals surface area contributed by atoms with Crippen LogP contribution >= 0.6 is 11.5 Å². The summed E-state index contributed by atoms with van der Waals surface area (Å²) in [5.41, 5.74) is 0.730. The summed E-state index contributed by atoms with van der Waals surface area (Å²) in [5, 5.41) is 11.4. The van der Waals surface area contributed by atoms with E-state index in [9.17, 15) is 13.2 Å². The Morgan fingerprint density at radius 1 is 1.17 bits per heavy atom. The van der Waals surface area contributed by atoms with E-state index in [-0.39, 0.29) is 5.69 Å². The minimum Gasteiger partial charge on any atom is -0.359 e. The minimum atomic E-state index is -4.46. The van der Waals surface area contributed by atoms with E-state index >= 15 is 0 Å². The van der Waals surface area contributed by atoms with Crippen LogP contribution in [0, 0.1) is 0 Å². The van der Waals surface area contributed by atoms with E-state index in [0.717, 1.165) is 0 Å². The number of fused-ring (bicyclic) bond motifs is 1. The first-order valence-corrected chi connectivity index (χ1v) is 5.52. The van der Waals surface area contributed by atoms with E-state index in [1.54, 1.807) is 0 Å². The first-order valence-electron chi connectivity index (χ1n) is 4.75. The highest BCUT2D eigenvalue weighted by atomic mass is 32.1. The molecular weight excluding hydrogens is 267 g/mol. The Hall–Kier alpha value is -2.03. The molecule has 0 aromatic carbocycles. The number of hydrogen-bond donors (Lipinski definition) is 1. The number of rotatable bonds is 1. The summed E-state index contributed by atoms with van der Waals surface area (Å²) in [6, 6.07) is 0. The highest BCUT2D eigenvalue weighted by molar-refractivity contribution is 7.06. The van der Waals surface area contributed by atoms with Crippen molar-refractivity contribution < 1.29 is 13.2 Å². The molecule has 9 heteroatoms. The van der Waals surface area contributed by atoms with Gasteiger partial charge in [0, 0.05) is 17.1 Å². The number of alkyl halides is 3. The molecule has 0 spiro atoms. The van der Waals surface area contributed by atoms with Crippen molar-refractivity contribution in [1.29, 1.82) is 0 Å². The van der Waals surface area contributed by atoms with Crippen LogP contribution in [0.5, 0.6) is 0 Å². The number of hydrogen-bond acceptors (Lipinski definition) is 5. The van der Waals surface area contributed by atoms with Crippen molar-refractivity contribution in [2.75, 3.05) is 0 Å². The van der Waals surface area contributed by atoms with Gasteiger partial charge in [0.25, 0.3) is 0 Å². The fourth-order valence-electron chi connectivity index (χ4n) is 1.63. The molecular formula is C9H4F3N5S. The van der Waals surface area contributed by atoms with Crippen LogP contribution in [-0.4, -0.2) is 24.8 Å². The van der Waals surface area contributed by atoms with E-state index in [0.29, 0.717) is 28.0 Å². The molecule has 3 aromatic heterocycles. The van der Waals surface area contributed by atoms with Gasteiger partial charge in [-0.3, -0.25) is 0 Å². The van der Waals surface area contributed by atoms with Gasteiger partial charge in [0.05, 0.1) is 17.9 Å². The third-order valence-corrected chi connectivity index (χ3v) is 3.16. The summed E-state index contributed by atoms with van der Waals surface area (Å²) >= 11 is 0.327. The summed E-state index contributed by atoms with van der Waals surface area (Å²) in [6.07, 6.45) is -0.194. The maximum absolute atomic E-state index is 12.8. The van der Waals surface area contributed by atoms with E-state index in [1.807, 2.05) is 0 Å². The van der Waals surface area contributed by atoms with Crippen molar-refractivity contribution in [3.63, 3.8) is 0 Å². The van der Waals surface area contributed by atoms with Gasteiger partial charge in [-0.1, -0.05) is 4.49 Å². The molecule has 3 rings (SSSR count). The third kappa shape index (κ3) is 1.63. The van der Waals surface area contributed by atoms with E-state index < -0.39 is 11.1 Å². The lowest BCUT2D eigenvalue weighted by Gasteiger charge is -2.03. The Bertz CT molecular complexity index is 701. The predicted octanol–water partition coefficient (Wildman–Crippen LogP) is 2.50. The molecule has 0 atom stereocenters. The quantitative estimate of drug-likeness (QED) is 0.738. The molecule has 92 valence electrons. The summed E-state index contributed by atoms with van der Waals surface area (Å²) in [5.74, 6) is 0. The molecule has 0 fully saturated rings. The third-order valence-electron chi connectivity index (χ3n) is 2.39. The normalized spacial score (nSPS) is 12.2. The van der Waals surface area contributed by atoms with E-state index in [1.165, 1.54) is 18.6 Å². The van der Waals surface area contributed by atoms with E-state index in [2.05, 4.69) is 24.8 Å². The van der Waals surface area contributed by atoms with Gasteiger partial charge >= 0.3 is 6.18 Å². The monoisotopic (exact) mass is 271 g/mol. The highest BCUT2D eigenvalue weighted by Gasteiger charge is 2.37. The van der Waals surface area contributed by atoms with Crippen LogP contribution in [0.25, 0.3) is 22.2 Å². The first kappa shape index (κ1) is 11.1. The molecule has 0 aliphatic rings. The van der Waals surface area contributed by atoms with Crippen LogP contribution in [0.3, 0.4) is 0 Å². The fraction of sp³-hybridized carbons (Fsp3) is 0.111. The maximum Gasteiger partial charge on any atom is 0.429 e. The second-order valence-corrected chi connectivity index (χ2v) is 4.22. The fourth-order valence-corrected chi connectivity index (χ4v) is 2.17. The van der Waals surface area contributed by atoms with Gasteiger partial charge in [-0.25, -0.2) is 0 Å². The highest BCUT2D eigenvalue weighted by Crippen LogP contribution is 2.39. The molecule has 0 saturated heterocycles. The lowest BCUT2D eigenvalue weighted by atomic mass is 10.1. The Balaban J connectivity index is 2.25. The van der Waals surface area contributed by atoms with Crippen LogP contribution in [0.15, 0.2) is 18.6 Å². The van der Waals surface area contributed by atoms with Gasteiger partial charge in [0.2, 0.25) is 0 Å². The van der Waals surface area contributed by atoms with Crippen molar-refractivity contribution in [1.82, 2.24) is 24.8 Å². The summed E-state index contributed by atoms with van der Waals surface area (Å²) in [4.78, 5) is 2.00. The topological polar surface area (TPSA) is 67.3 Å². The number of aromatic nitrogens is 5. The van der Waals surface area contributed by atoms with Crippen molar-refractivity contribution in [2.45, 2.75) is 6.18 Å². The van der Waals surface area contributed by atoms with Gasteiger partial charge in [0.1, 0.15) is 5.69 Å². The van der Waals surface area contributed by atoms with E-state index in [4.69, 9.17) is 0 Å².